The molecular formula is C28H42N2O5. The van der Waals surface area contributed by atoms with Gasteiger partial charge in [-0.1, -0.05) is 58.4 Å². The molecule has 7 heteroatoms. The number of ketones is 1. The summed E-state index contributed by atoms with van der Waals surface area (Å²) >= 11 is 0. The second-order valence-corrected chi connectivity index (χ2v) is 10.7. The molecule has 0 unspecified atom stereocenters. The molecule has 1 aromatic rings. The van der Waals surface area contributed by atoms with Crippen molar-refractivity contribution in [1.29, 1.82) is 0 Å². The Kier molecular flexibility index (Phi) is 9.81. The highest BCUT2D eigenvalue weighted by Gasteiger charge is 2.42. The molecule has 0 aliphatic carbocycles. The number of aliphatic hydroxyl groups is 2. The lowest BCUT2D eigenvalue weighted by atomic mass is 9.73. The SMILES string of the molecule is CC1=C[C@H](C)[C@@H](/C(C)=C/c2coc(C)n2)NC(=O)C[C@H](O)C(C)(C)C(=O)[C@H](C)[C@@H](O)[C@@H](C)CC=C1. The Morgan fingerprint density at radius 2 is 1.86 bits per heavy atom. The number of carbonyl (C=O) groups excluding carboxylic acids is 2. The second-order valence-electron chi connectivity index (χ2n) is 10.7. The minimum absolute atomic E-state index is 0.0597. The lowest BCUT2D eigenvalue weighted by Crippen LogP contribution is -2.47. The molecule has 0 bridgehead atoms. The normalized spacial score (nSPS) is 31.7. The first-order valence-corrected chi connectivity index (χ1v) is 12.4. The van der Waals surface area contributed by atoms with Gasteiger partial charge in [0.1, 0.15) is 17.7 Å². The van der Waals surface area contributed by atoms with E-state index < -0.39 is 23.5 Å². The molecule has 1 aliphatic rings. The fourth-order valence-corrected chi connectivity index (χ4v) is 4.67. The second kappa shape index (κ2) is 12.0. The molecule has 7 nitrogen and oxygen atoms in total. The Balaban J connectivity index is 2.45. The summed E-state index contributed by atoms with van der Waals surface area (Å²) in [6, 6.07) is -0.346. The highest BCUT2D eigenvalue weighted by molar-refractivity contribution is 5.88. The average molecular weight is 487 g/mol. The number of nitrogens with one attached hydrogen (secondary N) is 1. The van der Waals surface area contributed by atoms with Gasteiger partial charge in [0.2, 0.25) is 5.91 Å². The minimum Gasteiger partial charge on any atom is -0.449 e. The number of hydrogen-bond donors (Lipinski definition) is 3. The zero-order valence-corrected chi connectivity index (χ0v) is 22.3. The number of aryl methyl sites for hydroxylation is 1. The van der Waals surface area contributed by atoms with Crippen molar-refractivity contribution < 1.29 is 24.2 Å². The molecule has 0 saturated carbocycles. The first-order valence-electron chi connectivity index (χ1n) is 12.4. The summed E-state index contributed by atoms with van der Waals surface area (Å²) in [7, 11) is 0. The van der Waals surface area contributed by atoms with Crippen LogP contribution in [0.15, 0.2) is 40.1 Å². The van der Waals surface area contributed by atoms with Gasteiger partial charge in [-0.3, -0.25) is 9.59 Å². The molecule has 2 rings (SSSR count). The molecule has 2 heterocycles. The molecule has 6 atom stereocenters. The summed E-state index contributed by atoms with van der Waals surface area (Å²) in [6.45, 7) is 14.6. The number of hydrogen-bond acceptors (Lipinski definition) is 6. The molecule has 35 heavy (non-hydrogen) atoms. The van der Waals surface area contributed by atoms with Crippen molar-refractivity contribution in [2.24, 2.45) is 23.2 Å². The molecule has 0 fully saturated rings. The van der Waals surface area contributed by atoms with Crippen LogP contribution in [0.4, 0.5) is 0 Å². The van der Waals surface area contributed by atoms with Crippen LogP contribution < -0.4 is 5.32 Å². The summed E-state index contributed by atoms with van der Waals surface area (Å²) in [4.78, 5) is 30.6. The number of carbonyl (C=O) groups is 2. The monoisotopic (exact) mass is 486 g/mol. The Morgan fingerprint density at radius 3 is 2.46 bits per heavy atom. The van der Waals surface area contributed by atoms with E-state index >= 15 is 0 Å². The van der Waals surface area contributed by atoms with E-state index in [2.05, 4.69) is 16.4 Å². The van der Waals surface area contributed by atoms with Gasteiger partial charge in [0, 0.05) is 12.8 Å². The highest BCUT2D eigenvalue weighted by Crippen LogP contribution is 2.31. The molecule has 1 aromatic heterocycles. The van der Waals surface area contributed by atoms with Gasteiger partial charge in [0.05, 0.1) is 30.1 Å². The van der Waals surface area contributed by atoms with E-state index in [0.29, 0.717) is 18.0 Å². The van der Waals surface area contributed by atoms with E-state index in [4.69, 9.17) is 4.42 Å². The standard InChI is InChI=1S/C28H42N2O5/c1-16-10-9-11-17(2)26(33)20(5)27(34)28(7,8)23(31)14-24(32)30-25(18(3)12-16)19(4)13-22-15-35-21(6)29-22/h9-10,12-13,15,17-18,20,23,25-26,31,33H,11,14H2,1-8H3,(H,30,32)/b10-9?,16-12?,19-13+/t17-,18-,20+,23-,25-,26-/m0/s1. The van der Waals surface area contributed by atoms with E-state index in [-0.39, 0.29) is 36.0 Å². The van der Waals surface area contributed by atoms with Gasteiger partial charge in [-0.2, -0.15) is 0 Å². The number of Topliss-reactive ketones (excluding diaryl/α,β-unsaturated/α-hetero) is 1. The molecule has 1 amide bonds. The topological polar surface area (TPSA) is 113 Å². The van der Waals surface area contributed by atoms with Crippen molar-refractivity contribution in [3.8, 4) is 0 Å². The molecule has 0 saturated heterocycles. The van der Waals surface area contributed by atoms with Crippen LogP contribution in [0.5, 0.6) is 0 Å². The first-order chi connectivity index (χ1) is 16.2. The van der Waals surface area contributed by atoms with E-state index in [0.717, 1.165) is 11.1 Å². The molecule has 0 aromatic carbocycles. The molecule has 1 aliphatic heterocycles. The van der Waals surface area contributed by atoms with Crippen LogP contribution >= 0.6 is 0 Å². The van der Waals surface area contributed by atoms with E-state index in [1.54, 1.807) is 34.0 Å². The largest absolute Gasteiger partial charge is 0.449 e. The maximum absolute atomic E-state index is 13.2. The van der Waals surface area contributed by atoms with Gasteiger partial charge in [0.25, 0.3) is 0 Å². The van der Waals surface area contributed by atoms with Crippen molar-refractivity contribution in [2.45, 2.75) is 86.5 Å². The fraction of sp³-hybridized carbons (Fsp3) is 0.607. The minimum atomic E-state index is -1.19. The Bertz CT molecular complexity index is 987. The van der Waals surface area contributed by atoms with Crippen LogP contribution in [-0.4, -0.2) is 45.1 Å². The van der Waals surface area contributed by atoms with Crippen molar-refractivity contribution in [3.05, 3.63) is 47.2 Å². The Labute approximate surface area is 209 Å². The zero-order valence-electron chi connectivity index (χ0n) is 22.3. The van der Waals surface area contributed by atoms with Gasteiger partial charge < -0.3 is 19.9 Å². The molecule has 0 radical (unpaired) electrons. The summed E-state index contributed by atoms with van der Waals surface area (Å²) in [5.74, 6) is -0.914. The van der Waals surface area contributed by atoms with Crippen LogP contribution in [0.2, 0.25) is 0 Å². The van der Waals surface area contributed by atoms with Gasteiger partial charge in [0.15, 0.2) is 5.89 Å². The number of nitrogens with zero attached hydrogens (tertiary/aromatic N) is 1. The average Bonchev–Trinajstić information content (AvgIpc) is 3.19. The number of oxazole rings is 1. The third-order valence-electron chi connectivity index (χ3n) is 7.12. The van der Waals surface area contributed by atoms with Crippen molar-refractivity contribution in [3.63, 3.8) is 0 Å². The van der Waals surface area contributed by atoms with Crippen molar-refractivity contribution >= 4 is 17.8 Å². The molecule has 3 N–H and O–H groups in total. The van der Waals surface area contributed by atoms with Crippen LogP contribution in [0, 0.1) is 30.1 Å². The maximum atomic E-state index is 13.2. The number of amides is 1. The third-order valence-corrected chi connectivity index (χ3v) is 7.12. The molecule has 194 valence electrons. The Hall–Kier alpha value is -2.51. The van der Waals surface area contributed by atoms with Crippen LogP contribution in [0.25, 0.3) is 6.08 Å². The first kappa shape index (κ1) is 28.7. The number of aromatic nitrogens is 1. The van der Waals surface area contributed by atoms with Gasteiger partial charge in [-0.15, -0.1) is 0 Å². The van der Waals surface area contributed by atoms with Gasteiger partial charge >= 0.3 is 0 Å². The van der Waals surface area contributed by atoms with Crippen molar-refractivity contribution in [1.82, 2.24) is 10.3 Å². The third kappa shape index (κ3) is 7.48. The van der Waals surface area contributed by atoms with Crippen molar-refractivity contribution in [2.75, 3.05) is 0 Å². The van der Waals surface area contributed by atoms with Crippen LogP contribution in [-0.2, 0) is 9.59 Å². The fourth-order valence-electron chi connectivity index (χ4n) is 4.67. The van der Waals surface area contributed by atoms with E-state index in [1.807, 2.05) is 45.9 Å². The molecule has 0 spiro atoms. The number of allylic oxidation sites excluding steroid dienone is 3. The lowest BCUT2D eigenvalue weighted by Gasteiger charge is -2.34. The Morgan fingerprint density at radius 1 is 1.20 bits per heavy atom. The highest BCUT2D eigenvalue weighted by atomic mass is 16.3. The predicted molar refractivity (Wildman–Crippen MR) is 137 cm³/mol. The predicted octanol–water partition coefficient (Wildman–Crippen LogP) is 4.39. The summed E-state index contributed by atoms with van der Waals surface area (Å²) < 4.78 is 5.30. The maximum Gasteiger partial charge on any atom is 0.223 e. The van der Waals surface area contributed by atoms with Crippen LogP contribution in [0.1, 0.15) is 72.9 Å². The summed E-state index contributed by atoms with van der Waals surface area (Å²) in [6.07, 6.45) is 7.90. The summed E-state index contributed by atoms with van der Waals surface area (Å²) in [5, 5.41) is 24.7. The van der Waals surface area contributed by atoms with Crippen LogP contribution in [0.3, 0.4) is 0 Å². The quantitative estimate of drug-likeness (QED) is 0.571. The van der Waals surface area contributed by atoms with E-state index in [9.17, 15) is 19.8 Å². The smallest absolute Gasteiger partial charge is 0.223 e. The lowest BCUT2D eigenvalue weighted by molar-refractivity contribution is -0.143. The molecular weight excluding hydrogens is 444 g/mol. The van der Waals surface area contributed by atoms with Gasteiger partial charge in [-0.25, -0.2) is 4.98 Å². The zero-order chi connectivity index (χ0) is 26.5. The van der Waals surface area contributed by atoms with Gasteiger partial charge in [-0.05, 0) is 43.8 Å². The number of rotatable bonds is 2. The van der Waals surface area contributed by atoms with E-state index in [1.165, 1.54) is 0 Å². The summed E-state index contributed by atoms with van der Waals surface area (Å²) in [5.41, 5.74) is 1.40. The number of aliphatic hydroxyl groups excluding tert-OH is 2.